The molecule has 2 aromatic rings. The topological polar surface area (TPSA) is 17.1 Å². The SMILES string of the molecule is O=C1/C(=C/c2ccc(Br)cc2)CCC1Cc1ccccc1. The molecule has 0 radical (unpaired) electrons. The maximum atomic E-state index is 12.5. The van der Waals surface area contributed by atoms with Crippen molar-refractivity contribution in [2.45, 2.75) is 19.3 Å². The van der Waals surface area contributed by atoms with Crippen LogP contribution in [-0.4, -0.2) is 5.78 Å². The van der Waals surface area contributed by atoms with Gasteiger partial charge in [-0.25, -0.2) is 0 Å². The van der Waals surface area contributed by atoms with Crippen molar-refractivity contribution in [3.8, 4) is 0 Å². The maximum Gasteiger partial charge on any atom is 0.162 e. The van der Waals surface area contributed by atoms with Crippen LogP contribution in [-0.2, 0) is 11.2 Å². The van der Waals surface area contributed by atoms with Gasteiger partial charge >= 0.3 is 0 Å². The third-order valence-electron chi connectivity index (χ3n) is 3.99. The molecule has 2 heteroatoms. The first-order valence-corrected chi connectivity index (χ1v) is 8.06. The lowest BCUT2D eigenvalue weighted by atomic mass is 9.96. The Morgan fingerprint density at radius 3 is 2.48 bits per heavy atom. The van der Waals surface area contributed by atoms with E-state index in [0.717, 1.165) is 34.9 Å². The molecule has 0 amide bonds. The van der Waals surface area contributed by atoms with Crippen LogP contribution >= 0.6 is 15.9 Å². The number of rotatable bonds is 3. The van der Waals surface area contributed by atoms with Crippen molar-refractivity contribution < 1.29 is 4.79 Å². The zero-order chi connectivity index (χ0) is 14.7. The third-order valence-corrected chi connectivity index (χ3v) is 4.51. The Kier molecular flexibility index (Phi) is 4.35. The molecule has 1 aliphatic rings. The van der Waals surface area contributed by atoms with Crippen LogP contribution in [0.25, 0.3) is 6.08 Å². The number of ketones is 1. The molecule has 0 heterocycles. The summed E-state index contributed by atoms with van der Waals surface area (Å²) in [4.78, 5) is 12.5. The highest BCUT2D eigenvalue weighted by molar-refractivity contribution is 9.10. The molecule has 1 fully saturated rings. The number of carbonyl (C=O) groups excluding carboxylic acids is 1. The molecule has 1 saturated carbocycles. The van der Waals surface area contributed by atoms with E-state index < -0.39 is 0 Å². The van der Waals surface area contributed by atoms with Crippen LogP contribution in [0, 0.1) is 5.92 Å². The van der Waals surface area contributed by atoms with Gasteiger partial charge in [0, 0.05) is 10.4 Å². The van der Waals surface area contributed by atoms with Gasteiger partial charge in [0.25, 0.3) is 0 Å². The predicted octanol–water partition coefficient (Wildman–Crippen LogP) is 5.05. The smallest absolute Gasteiger partial charge is 0.162 e. The second-order valence-corrected chi connectivity index (χ2v) is 6.43. The molecule has 1 unspecified atom stereocenters. The first-order valence-electron chi connectivity index (χ1n) is 7.26. The number of benzene rings is 2. The van der Waals surface area contributed by atoms with Crippen LogP contribution in [0.4, 0.5) is 0 Å². The summed E-state index contributed by atoms with van der Waals surface area (Å²) in [5.41, 5.74) is 3.32. The highest BCUT2D eigenvalue weighted by Crippen LogP contribution is 2.31. The van der Waals surface area contributed by atoms with E-state index in [1.807, 2.05) is 48.5 Å². The monoisotopic (exact) mass is 340 g/mol. The minimum atomic E-state index is 0.147. The van der Waals surface area contributed by atoms with Crippen LogP contribution in [0.5, 0.6) is 0 Å². The molecular weight excluding hydrogens is 324 g/mol. The molecule has 2 aromatic carbocycles. The molecule has 1 nitrogen and oxygen atoms in total. The van der Waals surface area contributed by atoms with Crippen molar-refractivity contribution in [1.29, 1.82) is 0 Å². The van der Waals surface area contributed by atoms with Crippen LogP contribution in [0.1, 0.15) is 24.0 Å². The van der Waals surface area contributed by atoms with Crippen LogP contribution < -0.4 is 0 Å². The molecule has 106 valence electrons. The third kappa shape index (κ3) is 3.51. The molecule has 1 aliphatic carbocycles. The summed E-state index contributed by atoms with van der Waals surface area (Å²) in [6.07, 6.45) is 4.76. The fourth-order valence-corrected chi connectivity index (χ4v) is 3.11. The summed E-state index contributed by atoms with van der Waals surface area (Å²) in [5.74, 6) is 0.468. The zero-order valence-electron chi connectivity index (χ0n) is 11.8. The fraction of sp³-hybridized carbons (Fsp3) is 0.211. The van der Waals surface area contributed by atoms with Gasteiger partial charge in [0.2, 0.25) is 0 Å². The largest absolute Gasteiger partial charge is 0.294 e. The average molecular weight is 341 g/mol. The van der Waals surface area contributed by atoms with E-state index in [1.54, 1.807) is 0 Å². The Morgan fingerprint density at radius 2 is 1.76 bits per heavy atom. The van der Waals surface area contributed by atoms with Gasteiger partial charge in [0.15, 0.2) is 5.78 Å². The summed E-state index contributed by atoms with van der Waals surface area (Å²) in [7, 11) is 0. The lowest BCUT2D eigenvalue weighted by Gasteiger charge is -2.07. The van der Waals surface area contributed by atoms with Crippen LogP contribution in [0.2, 0.25) is 0 Å². The summed E-state index contributed by atoms with van der Waals surface area (Å²) in [5, 5.41) is 0. The van der Waals surface area contributed by atoms with E-state index in [2.05, 4.69) is 28.1 Å². The van der Waals surface area contributed by atoms with Crippen molar-refractivity contribution in [1.82, 2.24) is 0 Å². The summed E-state index contributed by atoms with van der Waals surface area (Å²) < 4.78 is 1.06. The molecule has 0 bridgehead atoms. The zero-order valence-corrected chi connectivity index (χ0v) is 13.3. The average Bonchev–Trinajstić information content (AvgIpc) is 2.84. The minimum absolute atomic E-state index is 0.147. The van der Waals surface area contributed by atoms with Gasteiger partial charge < -0.3 is 0 Å². The molecule has 0 saturated heterocycles. The minimum Gasteiger partial charge on any atom is -0.294 e. The predicted molar refractivity (Wildman–Crippen MR) is 90.0 cm³/mol. The second kappa shape index (κ2) is 6.40. The number of halogens is 1. The van der Waals surface area contributed by atoms with E-state index in [0.29, 0.717) is 5.78 Å². The van der Waals surface area contributed by atoms with Gasteiger partial charge in [0.05, 0.1) is 0 Å². The Bertz CT molecular complexity index is 656. The van der Waals surface area contributed by atoms with Crippen molar-refractivity contribution in [3.63, 3.8) is 0 Å². The molecule has 21 heavy (non-hydrogen) atoms. The lowest BCUT2D eigenvalue weighted by Crippen LogP contribution is -2.10. The van der Waals surface area contributed by atoms with Crippen molar-refractivity contribution in [2.75, 3.05) is 0 Å². The van der Waals surface area contributed by atoms with E-state index in [9.17, 15) is 4.79 Å². The lowest BCUT2D eigenvalue weighted by molar-refractivity contribution is -0.117. The van der Waals surface area contributed by atoms with Crippen LogP contribution in [0.15, 0.2) is 64.6 Å². The molecule has 0 aromatic heterocycles. The maximum absolute atomic E-state index is 12.5. The highest BCUT2D eigenvalue weighted by Gasteiger charge is 2.28. The summed E-state index contributed by atoms with van der Waals surface area (Å²) in [6, 6.07) is 18.4. The Balaban J connectivity index is 1.73. The van der Waals surface area contributed by atoms with Crippen molar-refractivity contribution in [2.24, 2.45) is 5.92 Å². The molecule has 1 atom stereocenters. The Hall–Kier alpha value is -1.67. The van der Waals surface area contributed by atoms with Crippen molar-refractivity contribution in [3.05, 3.63) is 75.8 Å². The van der Waals surface area contributed by atoms with E-state index in [1.165, 1.54) is 5.56 Å². The molecule has 3 rings (SSSR count). The van der Waals surface area contributed by atoms with Crippen LogP contribution in [0.3, 0.4) is 0 Å². The molecule has 0 aliphatic heterocycles. The molecule has 0 spiro atoms. The van der Waals surface area contributed by atoms with Gasteiger partial charge in [-0.1, -0.05) is 58.4 Å². The Morgan fingerprint density at radius 1 is 1.05 bits per heavy atom. The summed E-state index contributed by atoms with van der Waals surface area (Å²) >= 11 is 3.43. The van der Waals surface area contributed by atoms with Crippen molar-refractivity contribution >= 4 is 27.8 Å². The number of carbonyl (C=O) groups is 1. The number of Topliss-reactive ketones (excluding diaryl/α,β-unsaturated/α-hetero) is 1. The number of hydrogen-bond donors (Lipinski definition) is 0. The normalized spacial score (nSPS) is 20.1. The Labute approximate surface area is 133 Å². The van der Waals surface area contributed by atoms with E-state index in [4.69, 9.17) is 0 Å². The standard InChI is InChI=1S/C19H17BrO/c20-18-10-6-15(7-11-18)13-17-9-8-16(19(17)21)12-14-4-2-1-3-5-14/h1-7,10-11,13,16H,8-9,12H2/b17-13+. The first kappa shape index (κ1) is 14.3. The quantitative estimate of drug-likeness (QED) is 0.714. The number of hydrogen-bond acceptors (Lipinski definition) is 1. The van der Waals surface area contributed by atoms with Gasteiger partial charge in [-0.15, -0.1) is 0 Å². The number of allylic oxidation sites excluding steroid dienone is 1. The second-order valence-electron chi connectivity index (χ2n) is 5.51. The molecular formula is C19H17BrO. The van der Waals surface area contributed by atoms with Gasteiger partial charge in [-0.3, -0.25) is 4.79 Å². The highest BCUT2D eigenvalue weighted by atomic mass is 79.9. The fourth-order valence-electron chi connectivity index (χ4n) is 2.84. The molecule has 0 N–H and O–H groups in total. The summed E-state index contributed by atoms with van der Waals surface area (Å²) in [6.45, 7) is 0. The van der Waals surface area contributed by atoms with Gasteiger partial charge in [0.1, 0.15) is 0 Å². The first-order chi connectivity index (χ1) is 10.2. The van der Waals surface area contributed by atoms with E-state index in [-0.39, 0.29) is 5.92 Å². The van der Waals surface area contributed by atoms with Gasteiger partial charge in [-0.2, -0.15) is 0 Å². The van der Waals surface area contributed by atoms with E-state index >= 15 is 0 Å². The van der Waals surface area contributed by atoms with Gasteiger partial charge in [-0.05, 0) is 54.2 Å².